The van der Waals surface area contributed by atoms with Gasteiger partial charge in [0.2, 0.25) is 0 Å². The van der Waals surface area contributed by atoms with Crippen molar-refractivity contribution in [2.75, 3.05) is 6.61 Å². The Hall–Kier alpha value is -5.11. The zero-order chi connectivity index (χ0) is 40.2. The summed E-state index contributed by atoms with van der Waals surface area (Å²) in [5.74, 6) is -0.993. The monoisotopic (exact) mass is 841 g/mol. The summed E-state index contributed by atoms with van der Waals surface area (Å²) >= 11 is 18.8. The Morgan fingerprint density at radius 2 is 1.63 bits per heavy atom. The van der Waals surface area contributed by atoms with Crippen LogP contribution >= 0.6 is 34.8 Å². The predicted octanol–water partition coefficient (Wildman–Crippen LogP) is 9.90. The number of amides is 2. The van der Waals surface area contributed by atoms with Gasteiger partial charge >= 0.3 is 6.09 Å². The summed E-state index contributed by atoms with van der Waals surface area (Å²) in [5, 5.41) is 10.1. The first kappa shape index (κ1) is 40.1. The lowest BCUT2D eigenvalue weighted by Crippen LogP contribution is -2.50. The van der Waals surface area contributed by atoms with Gasteiger partial charge in [-0.3, -0.25) is 9.69 Å². The number of nitrogens with zero attached hydrogens (tertiary/aromatic N) is 3. The van der Waals surface area contributed by atoms with Crippen LogP contribution in [0.5, 0.6) is 17.2 Å². The van der Waals surface area contributed by atoms with Gasteiger partial charge in [-0.05, 0) is 97.7 Å². The molecule has 2 heterocycles. The summed E-state index contributed by atoms with van der Waals surface area (Å²) in [5.41, 5.74) is 2.42. The third kappa shape index (κ3) is 9.38. The van der Waals surface area contributed by atoms with Crippen LogP contribution in [0.4, 0.5) is 13.6 Å². The van der Waals surface area contributed by atoms with E-state index < -0.39 is 33.9 Å². The molecule has 1 saturated heterocycles. The fourth-order valence-electron chi connectivity index (χ4n) is 7.21. The van der Waals surface area contributed by atoms with E-state index >= 15 is 0 Å². The topological polar surface area (TPSA) is 121 Å². The molecule has 4 aromatic rings. The van der Waals surface area contributed by atoms with Crippen LogP contribution in [0.2, 0.25) is 15.1 Å². The molecule has 1 saturated carbocycles. The fourth-order valence-corrected chi connectivity index (χ4v) is 7.80. The number of halogens is 5. The van der Waals surface area contributed by atoms with Crippen molar-refractivity contribution in [3.8, 4) is 17.2 Å². The Kier molecular flexibility index (Phi) is 12.4. The van der Waals surface area contributed by atoms with E-state index in [2.05, 4.69) is 4.84 Å². The van der Waals surface area contributed by atoms with Crippen molar-refractivity contribution in [3.63, 3.8) is 0 Å². The maximum atomic E-state index is 14.8. The molecule has 2 fully saturated rings. The van der Waals surface area contributed by atoms with Gasteiger partial charge in [0.15, 0.2) is 11.6 Å². The molecule has 0 radical (unpaired) electrons. The molecule has 2 atom stereocenters. The second-order valence-electron chi connectivity index (χ2n) is 14.0. The molecule has 7 rings (SSSR count). The lowest BCUT2D eigenvalue weighted by Gasteiger charge is -2.38. The summed E-state index contributed by atoms with van der Waals surface area (Å²) in [6, 6.07) is 19.8. The molecule has 3 aliphatic rings. The molecule has 298 valence electrons. The predicted molar refractivity (Wildman–Crippen MR) is 207 cm³/mol. The first-order chi connectivity index (χ1) is 27.5. The minimum Gasteiger partial charge on any atom is -0.489 e. The normalized spacial score (nSPS) is 17.3. The van der Waals surface area contributed by atoms with Gasteiger partial charge in [0, 0.05) is 25.0 Å². The Bertz CT molecular complexity index is 2200. The Balaban J connectivity index is 1.11. The van der Waals surface area contributed by atoms with Crippen LogP contribution in [0, 0.1) is 21.7 Å². The number of hydrogen-bond donors (Lipinski definition) is 0. The molecule has 1 aliphatic carbocycles. The van der Waals surface area contributed by atoms with Gasteiger partial charge in [-0.1, -0.05) is 71.2 Å². The van der Waals surface area contributed by atoms with E-state index in [0.29, 0.717) is 63.9 Å². The van der Waals surface area contributed by atoms with Gasteiger partial charge in [-0.2, -0.15) is 0 Å². The summed E-state index contributed by atoms with van der Waals surface area (Å²) in [4.78, 5) is 47.3. The highest BCUT2D eigenvalue weighted by Crippen LogP contribution is 2.43. The number of carbonyl (C=O) groups is 2. The number of ether oxygens (including phenoxy) is 3. The average Bonchev–Trinajstić information content (AvgIpc) is 3.99. The van der Waals surface area contributed by atoms with Crippen molar-refractivity contribution in [2.45, 2.75) is 76.2 Å². The van der Waals surface area contributed by atoms with Crippen LogP contribution in [0.3, 0.4) is 0 Å². The third-order valence-corrected chi connectivity index (χ3v) is 11.3. The number of aryl methyl sites for hydroxylation is 1. The number of fused-ring (bicyclic) bond motifs is 2. The zero-order valence-corrected chi connectivity index (χ0v) is 32.6. The van der Waals surface area contributed by atoms with Crippen molar-refractivity contribution < 1.29 is 42.5 Å². The number of rotatable bonds is 15. The van der Waals surface area contributed by atoms with E-state index in [-0.39, 0.29) is 55.7 Å². The van der Waals surface area contributed by atoms with Gasteiger partial charge in [-0.15, -0.1) is 10.1 Å². The van der Waals surface area contributed by atoms with Gasteiger partial charge in [0.05, 0.1) is 28.3 Å². The minimum absolute atomic E-state index is 0.0401. The number of carbonyl (C=O) groups excluding carboxylic acids is 2. The van der Waals surface area contributed by atoms with E-state index in [1.807, 2.05) is 18.2 Å². The lowest BCUT2D eigenvalue weighted by atomic mass is 9.97. The summed E-state index contributed by atoms with van der Waals surface area (Å²) < 4.78 is 45.6. The van der Waals surface area contributed by atoms with E-state index in [9.17, 15) is 28.5 Å². The zero-order valence-electron chi connectivity index (χ0n) is 30.3. The molecule has 16 heteroatoms. The van der Waals surface area contributed by atoms with E-state index in [4.69, 9.17) is 49.0 Å². The molecular formula is C41H36Cl3F2N3O8. The van der Waals surface area contributed by atoms with E-state index in [0.717, 1.165) is 30.5 Å². The van der Waals surface area contributed by atoms with Crippen molar-refractivity contribution >= 4 is 46.8 Å². The molecule has 2 unspecified atom stereocenters. The maximum Gasteiger partial charge on any atom is 0.416 e. The van der Waals surface area contributed by atoms with Crippen LogP contribution in [0.1, 0.15) is 55.2 Å². The largest absolute Gasteiger partial charge is 0.489 e. The van der Waals surface area contributed by atoms with Crippen molar-refractivity contribution in [1.29, 1.82) is 0 Å². The van der Waals surface area contributed by atoms with Crippen molar-refractivity contribution in [1.82, 2.24) is 9.80 Å². The van der Waals surface area contributed by atoms with Crippen LogP contribution in [-0.4, -0.2) is 51.6 Å². The molecule has 0 spiro atoms. The van der Waals surface area contributed by atoms with E-state index in [1.165, 1.54) is 6.07 Å². The van der Waals surface area contributed by atoms with Crippen LogP contribution in [0.15, 0.2) is 90.2 Å². The molecule has 2 aliphatic heterocycles. The maximum absolute atomic E-state index is 14.8. The quantitative estimate of drug-likeness (QED) is 0.0502. The molecular weight excluding hydrogens is 807 g/mol. The van der Waals surface area contributed by atoms with Gasteiger partial charge in [-0.25, -0.2) is 13.6 Å². The van der Waals surface area contributed by atoms with E-state index in [1.54, 1.807) is 52.3 Å². The number of hydrogen-bond acceptors (Lipinski definition) is 8. The lowest BCUT2D eigenvalue weighted by molar-refractivity contribution is -0.763. The molecule has 2 bridgehead atoms. The Morgan fingerprint density at radius 3 is 2.39 bits per heavy atom. The third-order valence-electron chi connectivity index (χ3n) is 10.1. The first-order valence-corrected chi connectivity index (χ1v) is 19.5. The summed E-state index contributed by atoms with van der Waals surface area (Å²) in [7, 11) is 0. The molecule has 2 amide bonds. The average molecular weight is 843 g/mol. The first-order valence-electron chi connectivity index (χ1n) is 18.3. The van der Waals surface area contributed by atoms with Crippen LogP contribution in [0.25, 0.3) is 0 Å². The van der Waals surface area contributed by atoms with Gasteiger partial charge in [0.25, 0.3) is 11.0 Å². The molecule has 57 heavy (non-hydrogen) atoms. The molecule has 11 nitrogen and oxygen atoms in total. The fraction of sp³-hybridized carbons (Fsp3) is 0.317. The SMILES string of the molecule is O=C(C1=C(Oc2ccc(CCCOc3c(F)ccc(F)c3Cl)cc2)CC2CCC1N2C(=O)Oc1cccc(CO[N+](=O)[O-])c1)N(Cc1cccc(Cl)c1Cl)C1CC1. The van der Waals surface area contributed by atoms with Crippen molar-refractivity contribution in [3.05, 3.63) is 144 Å². The van der Waals surface area contributed by atoms with Crippen LogP contribution < -0.4 is 14.2 Å². The summed E-state index contributed by atoms with van der Waals surface area (Å²) in [6.45, 7) is -0.000892. The van der Waals surface area contributed by atoms with Gasteiger partial charge in [0.1, 0.15) is 34.7 Å². The smallest absolute Gasteiger partial charge is 0.416 e. The minimum atomic E-state index is -0.899. The van der Waals surface area contributed by atoms with Crippen molar-refractivity contribution in [2.24, 2.45) is 0 Å². The van der Waals surface area contributed by atoms with Crippen LogP contribution in [-0.2, 0) is 29.2 Å². The highest BCUT2D eigenvalue weighted by Gasteiger charge is 2.50. The molecule has 4 aromatic carbocycles. The Morgan fingerprint density at radius 1 is 0.877 bits per heavy atom. The molecule has 0 aromatic heterocycles. The standard InChI is InChI=1S/C41H36Cl3F2N3O8/c42-31-8-2-6-26(37(31)43)22-47(27-11-12-27)40(50)36-34-18-13-28(48(34)41(51)57-30-7-1-4-25(20-30)23-55-49(52)53)21-35(36)56-29-14-9-24(10-15-29)5-3-19-54-39-33(46)17-16-32(45)38(39)44/h1-2,4,6-10,14-17,20,27-28,34H,3,5,11-13,18-19,21-23H2. The molecule has 0 N–H and O–H groups in total. The van der Waals surface area contributed by atoms with Gasteiger partial charge < -0.3 is 23.9 Å². The highest BCUT2D eigenvalue weighted by molar-refractivity contribution is 6.42. The Labute approximate surface area is 341 Å². The summed E-state index contributed by atoms with van der Waals surface area (Å²) in [6.07, 6.45) is 3.34. The second kappa shape index (κ2) is 17.6. The highest BCUT2D eigenvalue weighted by atomic mass is 35.5. The second-order valence-corrected chi connectivity index (χ2v) is 15.1. The number of benzene rings is 4.